The van der Waals surface area contributed by atoms with Crippen LogP contribution >= 0.6 is 11.3 Å². The van der Waals surface area contributed by atoms with Gasteiger partial charge >= 0.3 is 6.03 Å². The lowest BCUT2D eigenvalue weighted by Gasteiger charge is -2.34. The number of urea groups is 1. The lowest BCUT2D eigenvalue weighted by Crippen LogP contribution is -2.41. The van der Waals surface area contributed by atoms with Gasteiger partial charge in [-0.3, -0.25) is 0 Å². The van der Waals surface area contributed by atoms with Crippen molar-refractivity contribution < 1.29 is 19.4 Å². The van der Waals surface area contributed by atoms with Gasteiger partial charge in [-0.05, 0) is 53.8 Å². The molecule has 6 nitrogen and oxygen atoms in total. The van der Waals surface area contributed by atoms with Gasteiger partial charge in [0, 0.05) is 21.7 Å². The molecule has 0 bridgehead atoms. The number of hydrogen-bond donors (Lipinski definition) is 2. The fourth-order valence-corrected chi connectivity index (χ4v) is 4.77. The van der Waals surface area contributed by atoms with Crippen molar-refractivity contribution in [3.05, 3.63) is 64.5 Å². The molecule has 2 amide bonds. The third-order valence-corrected chi connectivity index (χ3v) is 6.38. The fraction of sp³-hybridized carbons (Fsp3) is 0.261. The highest BCUT2D eigenvalue weighted by molar-refractivity contribution is 7.13. The Kier molecular flexibility index (Phi) is 5.65. The van der Waals surface area contributed by atoms with E-state index in [2.05, 4.69) is 23.7 Å². The molecule has 1 atom stereocenters. The number of fused-ring (bicyclic) bond motifs is 1. The number of β-amino-alcohol motifs (C(OH)–C–C–N with tert-alkyl or cyclic N) is 1. The molecule has 1 aliphatic heterocycles. The number of nitrogens with one attached hydrogen (secondary N) is 1. The van der Waals surface area contributed by atoms with Gasteiger partial charge in [0.2, 0.25) is 0 Å². The van der Waals surface area contributed by atoms with Gasteiger partial charge in [-0.15, -0.1) is 11.3 Å². The monoisotopic (exact) mass is 424 g/mol. The van der Waals surface area contributed by atoms with Crippen molar-refractivity contribution in [2.24, 2.45) is 0 Å². The van der Waals surface area contributed by atoms with Crippen LogP contribution in [-0.2, 0) is 6.54 Å². The Morgan fingerprint density at radius 1 is 1.17 bits per heavy atom. The van der Waals surface area contributed by atoms with Crippen LogP contribution < -0.4 is 14.8 Å². The number of ether oxygens (including phenoxy) is 2. The number of anilines is 1. The summed E-state index contributed by atoms with van der Waals surface area (Å²) in [5, 5.41) is 15.7. The summed E-state index contributed by atoms with van der Waals surface area (Å²) in [5.41, 5.74) is 4.42. The third kappa shape index (κ3) is 3.74. The van der Waals surface area contributed by atoms with Crippen molar-refractivity contribution >= 4 is 23.1 Å². The summed E-state index contributed by atoms with van der Waals surface area (Å²) in [4.78, 5) is 15.7. The van der Waals surface area contributed by atoms with Crippen LogP contribution in [0.1, 0.15) is 22.8 Å². The molecule has 0 fully saturated rings. The number of rotatable bonds is 4. The molecule has 1 unspecified atom stereocenters. The van der Waals surface area contributed by atoms with Crippen LogP contribution in [-0.4, -0.2) is 36.8 Å². The standard InChI is InChI=1S/C23H24N2O4S/c1-14-9-10-30-22(14)15-5-4-6-16(11-15)24-23(27)25-12-17-19(28-2)7-8-20(29-3)21(17)18(26)13-25/h4-11,18,26H,12-13H2,1-3H3,(H,24,27). The maximum Gasteiger partial charge on any atom is 0.322 e. The van der Waals surface area contributed by atoms with Gasteiger partial charge in [-0.1, -0.05) is 12.1 Å². The average molecular weight is 425 g/mol. The zero-order chi connectivity index (χ0) is 21.3. The summed E-state index contributed by atoms with van der Waals surface area (Å²) >= 11 is 1.68. The smallest absolute Gasteiger partial charge is 0.322 e. The fourth-order valence-electron chi connectivity index (χ4n) is 3.84. The van der Waals surface area contributed by atoms with Gasteiger partial charge in [-0.25, -0.2) is 4.79 Å². The molecule has 1 aromatic heterocycles. The van der Waals surface area contributed by atoms with E-state index in [1.807, 2.05) is 24.3 Å². The molecule has 0 saturated carbocycles. The van der Waals surface area contributed by atoms with E-state index in [0.717, 1.165) is 11.1 Å². The SMILES string of the molecule is COc1ccc(OC)c2c1CN(C(=O)Nc1cccc(-c3sccc3C)c1)CC2O. The van der Waals surface area contributed by atoms with Crippen molar-refractivity contribution in [1.82, 2.24) is 4.90 Å². The minimum atomic E-state index is -0.857. The maximum absolute atomic E-state index is 13.0. The molecule has 2 N–H and O–H groups in total. The van der Waals surface area contributed by atoms with Crippen LogP contribution in [0.3, 0.4) is 0 Å². The number of aliphatic hydroxyl groups is 1. The van der Waals surface area contributed by atoms with E-state index in [9.17, 15) is 9.90 Å². The molecule has 0 spiro atoms. The molecule has 0 radical (unpaired) electrons. The molecule has 3 aromatic rings. The molecule has 4 rings (SSSR count). The molecular weight excluding hydrogens is 400 g/mol. The van der Waals surface area contributed by atoms with Crippen LogP contribution in [0, 0.1) is 6.92 Å². The number of benzene rings is 2. The topological polar surface area (TPSA) is 71.0 Å². The number of aryl methyl sites for hydroxylation is 1. The predicted octanol–water partition coefficient (Wildman–Crippen LogP) is 4.82. The van der Waals surface area contributed by atoms with Gasteiger partial charge in [0.1, 0.15) is 17.6 Å². The summed E-state index contributed by atoms with van der Waals surface area (Å²) in [7, 11) is 3.14. The first-order chi connectivity index (χ1) is 14.5. The van der Waals surface area contributed by atoms with Crippen LogP contribution in [0.5, 0.6) is 11.5 Å². The van der Waals surface area contributed by atoms with Crippen molar-refractivity contribution in [3.63, 3.8) is 0 Å². The molecule has 30 heavy (non-hydrogen) atoms. The van der Waals surface area contributed by atoms with E-state index in [1.165, 1.54) is 10.4 Å². The Morgan fingerprint density at radius 3 is 2.63 bits per heavy atom. The van der Waals surface area contributed by atoms with E-state index in [1.54, 1.807) is 42.6 Å². The van der Waals surface area contributed by atoms with Crippen LogP contribution in [0.4, 0.5) is 10.5 Å². The molecule has 2 heterocycles. The quantitative estimate of drug-likeness (QED) is 0.630. The minimum Gasteiger partial charge on any atom is -0.496 e. The minimum absolute atomic E-state index is 0.173. The van der Waals surface area contributed by atoms with E-state index in [4.69, 9.17) is 9.47 Å². The number of amides is 2. The Bertz CT molecular complexity index is 1080. The molecule has 7 heteroatoms. The van der Waals surface area contributed by atoms with Crippen molar-refractivity contribution in [1.29, 1.82) is 0 Å². The zero-order valence-electron chi connectivity index (χ0n) is 17.1. The Hall–Kier alpha value is -3.03. The zero-order valence-corrected chi connectivity index (χ0v) is 18.0. The summed E-state index contributed by atoms with van der Waals surface area (Å²) in [6.07, 6.45) is -0.857. The molecule has 0 saturated heterocycles. The average Bonchev–Trinajstić information content (AvgIpc) is 3.18. The highest BCUT2D eigenvalue weighted by atomic mass is 32.1. The normalized spacial score (nSPS) is 15.5. The summed E-state index contributed by atoms with van der Waals surface area (Å²) in [6.45, 7) is 2.57. The van der Waals surface area contributed by atoms with E-state index in [-0.39, 0.29) is 12.6 Å². The third-order valence-electron chi connectivity index (χ3n) is 5.31. The number of carbonyl (C=O) groups is 1. The second-order valence-corrected chi connectivity index (χ2v) is 8.12. The lowest BCUT2D eigenvalue weighted by molar-refractivity contribution is 0.105. The Balaban J connectivity index is 1.57. The summed E-state index contributed by atoms with van der Waals surface area (Å²) in [5.74, 6) is 1.22. The molecular formula is C23H24N2O4S. The van der Waals surface area contributed by atoms with Gasteiger partial charge in [0.05, 0.1) is 27.3 Å². The number of carbonyl (C=O) groups excluding carboxylic acids is 1. The van der Waals surface area contributed by atoms with Crippen LogP contribution in [0.2, 0.25) is 0 Å². The number of thiophene rings is 1. The number of nitrogens with zero attached hydrogens (tertiary/aromatic N) is 1. The van der Waals surface area contributed by atoms with Crippen molar-refractivity contribution in [2.75, 3.05) is 26.1 Å². The highest BCUT2D eigenvalue weighted by Gasteiger charge is 2.32. The van der Waals surface area contributed by atoms with Crippen molar-refractivity contribution in [3.8, 4) is 21.9 Å². The summed E-state index contributed by atoms with van der Waals surface area (Å²) in [6, 6.07) is 13.2. The van der Waals surface area contributed by atoms with E-state index < -0.39 is 6.10 Å². The van der Waals surface area contributed by atoms with Crippen LogP contribution in [0.25, 0.3) is 10.4 Å². The first-order valence-corrected chi connectivity index (χ1v) is 10.5. The second kappa shape index (κ2) is 8.38. The number of methoxy groups -OCH3 is 2. The first-order valence-electron chi connectivity index (χ1n) is 9.64. The molecule has 0 aliphatic carbocycles. The molecule has 156 valence electrons. The Labute approximate surface area is 179 Å². The lowest BCUT2D eigenvalue weighted by atomic mass is 9.95. The largest absolute Gasteiger partial charge is 0.496 e. The first kappa shape index (κ1) is 20.3. The van der Waals surface area contributed by atoms with Gasteiger partial charge < -0.3 is 24.8 Å². The van der Waals surface area contributed by atoms with Crippen molar-refractivity contribution in [2.45, 2.75) is 19.6 Å². The highest BCUT2D eigenvalue weighted by Crippen LogP contribution is 2.39. The number of aliphatic hydroxyl groups excluding tert-OH is 1. The van der Waals surface area contributed by atoms with Gasteiger partial charge in [0.15, 0.2) is 0 Å². The van der Waals surface area contributed by atoms with E-state index in [0.29, 0.717) is 29.3 Å². The summed E-state index contributed by atoms with van der Waals surface area (Å²) < 4.78 is 10.8. The predicted molar refractivity (Wildman–Crippen MR) is 118 cm³/mol. The van der Waals surface area contributed by atoms with E-state index >= 15 is 0 Å². The number of hydrogen-bond acceptors (Lipinski definition) is 5. The van der Waals surface area contributed by atoms with Gasteiger partial charge in [0.25, 0.3) is 0 Å². The van der Waals surface area contributed by atoms with Crippen LogP contribution in [0.15, 0.2) is 47.8 Å². The second-order valence-electron chi connectivity index (χ2n) is 7.20. The Morgan fingerprint density at radius 2 is 1.93 bits per heavy atom. The molecule has 2 aromatic carbocycles. The maximum atomic E-state index is 13.0. The van der Waals surface area contributed by atoms with Gasteiger partial charge in [-0.2, -0.15) is 0 Å². The molecule has 1 aliphatic rings.